The van der Waals surface area contributed by atoms with Crippen LogP contribution >= 0.6 is 11.8 Å². The van der Waals surface area contributed by atoms with Crippen molar-refractivity contribution in [2.75, 3.05) is 5.32 Å². The van der Waals surface area contributed by atoms with Crippen molar-refractivity contribution in [1.82, 2.24) is 10.2 Å². The molecule has 1 unspecified atom stereocenters. The number of phenolic OH excluding ortho intramolecular Hbond substituents is 1. The highest BCUT2D eigenvalue weighted by molar-refractivity contribution is 8.00. The van der Waals surface area contributed by atoms with Gasteiger partial charge in [0.1, 0.15) is 5.75 Å². The molecule has 0 spiro atoms. The van der Waals surface area contributed by atoms with E-state index in [1.54, 1.807) is 24.3 Å². The quantitative estimate of drug-likeness (QED) is 0.749. The highest BCUT2D eigenvalue weighted by atomic mass is 32.2. The maximum atomic E-state index is 12.4. The van der Waals surface area contributed by atoms with E-state index in [0.29, 0.717) is 17.5 Å². The van der Waals surface area contributed by atoms with Crippen molar-refractivity contribution in [3.05, 3.63) is 54.1 Å². The minimum Gasteiger partial charge on any atom is -0.508 e. The van der Waals surface area contributed by atoms with Crippen LogP contribution in [-0.2, 0) is 11.2 Å². The number of fused-ring (bicyclic) bond motifs is 1. The lowest BCUT2D eigenvalue weighted by molar-refractivity contribution is -0.115. The lowest BCUT2D eigenvalue weighted by atomic mass is 10.1. The van der Waals surface area contributed by atoms with E-state index in [1.807, 2.05) is 24.3 Å². The number of hydrogen-bond donors (Lipinski definition) is 2. The molecular formula is C18H15N3O3S. The van der Waals surface area contributed by atoms with Gasteiger partial charge in [-0.1, -0.05) is 30.0 Å². The number of amides is 1. The van der Waals surface area contributed by atoms with E-state index in [4.69, 9.17) is 4.42 Å². The molecule has 1 aromatic heterocycles. The Balaban J connectivity index is 1.49. The highest BCUT2D eigenvalue weighted by Crippen LogP contribution is 2.32. The van der Waals surface area contributed by atoms with Gasteiger partial charge in [-0.3, -0.25) is 4.79 Å². The minimum atomic E-state index is -0.291. The largest absolute Gasteiger partial charge is 0.508 e. The van der Waals surface area contributed by atoms with Crippen molar-refractivity contribution in [2.24, 2.45) is 0 Å². The predicted molar refractivity (Wildman–Crippen MR) is 94.4 cm³/mol. The fourth-order valence-electron chi connectivity index (χ4n) is 2.70. The molecule has 1 atom stereocenters. The number of aryl methyl sites for hydroxylation is 1. The van der Waals surface area contributed by atoms with Crippen molar-refractivity contribution >= 4 is 23.4 Å². The van der Waals surface area contributed by atoms with Crippen molar-refractivity contribution in [1.29, 1.82) is 0 Å². The molecule has 0 radical (unpaired) electrons. The average molecular weight is 353 g/mol. The second kappa shape index (κ2) is 6.60. The Morgan fingerprint density at radius 2 is 1.92 bits per heavy atom. The van der Waals surface area contributed by atoms with Gasteiger partial charge in [-0.15, -0.1) is 10.2 Å². The molecule has 126 valence electrons. The smallest absolute Gasteiger partial charge is 0.277 e. The van der Waals surface area contributed by atoms with Gasteiger partial charge in [0.15, 0.2) is 0 Å². The van der Waals surface area contributed by atoms with Crippen LogP contribution in [0.1, 0.15) is 12.0 Å². The van der Waals surface area contributed by atoms with Crippen molar-refractivity contribution in [3.8, 4) is 17.2 Å². The molecular weight excluding hydrogens is 338 g/mol. The first kappa shape index (κ1) is 15.7. The summed E-state index contributed by atoms with van der Waals surface area (Å²) >= 11 is 1.27. The van der Waals surface area contributed by atoms with Gasteiger partial charge in [-0.2, -0.15) is 0 Å². The van der Waals surface area contributed by atoms with Crippen LogP contribution in [0.4, 0.5) is 5.69 Å². The second-order valence-electron chi connectivity index (χ2n) is 5.71. The lowest BCUT2D eigenvalue weighted by Crippen LogP contribution is -2.23. The van der Waals surface area contributed by atoms with Crippen molar-refractivity contribution in [3.63, 3.8) is 0 Å². The number of aromatic hydroxyl groups is 1. The van der Waals surface area contributed by atoms with Crippen molar-refractivity contribution < 1.29 is 14.3 Å². The molecule has 25 heavy (non-hydrogen) atoms. The number of phenols is 1. The topological polar surface area (TPSA) is 88.2 Å². The molecule has 0 fully saturated rings. The molecule has 1 amide bonds. The molecule has 2 aromatic carbocycles. The fourth-order valence-corrected chi connectivity index (χ4v) is 3.56. The van der Waals surface area contributed by atoms with Crippen LogP contribution in [0, 0.1) is 0 Å². The number of nitrogens with zero attached hydrogens (tertiary/aromatic N) is 2. The summed E-state index contributed by atoms with van der Waals surface area (Å²) in [4.78, 5) is 12.4. The van der Waals surface area contributed by atoms with Crippen LogP contribution in [0.5, 0.6) is 5.75 Å². The Labute approximate surface area is 148 Å². The van der Waals surface area contributed by atoms with Gasteiger partial charge < -0.3 is 14.8 Å². The van der Waals surface area contributed by atoms with Crippen LogP contribution in [0.2, 0.25) is 0 Å². The van der Waals surface area contributed by atoms with E-state index in [2.05, 4.69) is 15.5 Å². The van der Waals surface area contributed by atoms with Crippen molar-refractivity contribution in [2.45, 2.75) is 23.3 Å². The van der Waals surface area contributed by atoms with E-state index >= 15 is 0 Å². The van der Waals surface area contributed by atoms with Crippen LogP contribution in [0.3, 0.4) is 0 Å². The summed E-state index contributed by atoms with van der Waals surface area (Å²) in [6, 6.07) is 14.3. The molecule has 0 bridgehead atoms. The fraction of sp³-hybridized carbons (Fsp3) is 0.167. The van der Waals surface area contributed by atoms with E-state index in [9.17, 15) is 9.90 Å². The molecule has 2 N–H and O–H groups in total. The van der Waals surface area contributed by atoms with Gasteiger partial charge in [0, 0.05) is 11.3 Å². The third-order valence-electron chi connectivity index (χ3n) is 4.01. The summed E-state index contributed by atoms with van der Waals surface area (Å²) in [7, 11) is 0. The Hall–Kier alpha value is -2.80. The standard InChI is InChI=1S/C18H15N3O3S/c22-13-8-5-12(6-9-13)17-20-21-18(24-17)25-15-10-7-11-3-1-2-4-14(11)19-16(15)23/h1-6,8-9,15,22H,7,10H2,(H,19,23). The molecule has 0 saturated carbocycles. The van der Waals surface area contributed by atoms with E-state index in [1.165, 1.54) is 11.8 Å². The number of carbonyl (C=O) groups excluding carboxylic acids is 1. The third-order valence-corrected chi connectivity index (χ3v) is 5.11. The third kappa shape index (κ3) is 3.36. The van der Waals surface area contributed by atoms with Crippen LogP contribution in [0.25, 0.3) is 11.5 Å². The minimum absolute atomic E-state index is 0.0562. The number of hydrogen-bond acceptors (Lipinski definition) is 6. The SMILES string of the molecule is O=C1Nc2ccccc2CCC1Sc1nnc(-c2ccc(O)cc2)o1. The van der Waals surface area contributed by atoms with E-state index < -0.39 is 0 Å². The summed E-state index contributed by atoms with van der Waals surface area (Å²) < 4.78 is 5.66. The zero-order valence-corrected chi connectivity index (χ0v) is 14.0. The number of thioether (sulfide) groups is 1. The summed E-state index contributed by atoms with van der Waals surface area (Å²) in [5.74, 6) is 0.478. The first-order valence-corrected chi connectivity index (χ1v) is 8.75. The predicted octanol–water partition coefficient (Wildman–Crippen LogP) is 3.49. The number of para-hydroxylation sites is 1. The van der Waals surface area contributed by atoms with Gasteiger partial charge in [0.2, 0.25) is 11.8 Å². The molecule has 6 nitrogen and oxygen atoms in total. The first-order chi connectivity index (χ1) is 12.2. The summed E-state index contributed by atoms with van der Waals surface area (Å²) in [6.07, 6.45) is 1.51. The molecule has 1 aliphatic rings. The zero-order valence-electron chi connectivity index (χ0n) is 13.2. The summed E-state index contributed by atoms with van der Waals surface area (Å²) in [6.45, 7) is 0. The van der Waals surface area contributed by atoms with Crippen LogP contribution in [-0.4, -0.2) is 26.5 Å². The number of rotatable bonds is 3. The van der Waals surface area contributed by atoms with Gasteiger partial charge >= 0.3 is 0 Å². The second-order valence-corrected chi connectivity index (χ2v) is 6.87. The molecule has 2 heterocycles. The van der Waals surface area contributed by atoms with Crippen LogP contribution in [0.15, 0.2) is 58.2 Å². The molecule has 1 aliphatic heterocycles. The maximum absolute atomic E-state index is 12.4. The maximum Gasteiger partial charge on any atom is 0.277 e. The van der Waals surface area contributed by atoms with Gasteiger partial charge in [0.25, 0.3) is 5.22 Å². The number of anilines is 1. The van der Waals surface area contributed by atoms with Gasteiger partial charge in [-0.25, -0.2) is 0 Å². The normalized spacial score (nSPS) is 16.8. The van der Waals surface area contributed by atoms with Gasteiger partial charge in [0.05, 0.1) is 5.25 Å². The monoisotopic (exact) mass is 353 g/mol. The van der Waals surface area contributed by atoms with Crippen LogP contribution < -0.4 is 5.32 Å². The lowest BCUT2D eigenvalue weighted by Gasteiger charge is -2.09. The number of carbonyl (C=O) groups is 1. The highest BCUT2D eigenvalue weighted by Gasteiger charge is 2.26. The summed E-state index contributed by atoms with van der Waals surface area (Å²) in [5, 5.41) is 20.4. The van der Waals surface area contributed by atoms with Gasteiger partial charge in [-0.05, 0) is 48.7 Å². The molecule has 0 aliphatic carbocycles. The zero-order chi connectivity index (χ0) is 17.2. The number of aromatic nitrogens is 2. The van der Waals surface area contributed by atoms with E-state index in [0.717, 1.165) is 23.2 Å². The number of nitrogens with one attached hydrogen (secondary N) is 1. The molecule has 7 heteroatoms. The first-order valence-electron chi connectivity index (χ1n) is 7.87. The average Bonchev–Trinajstić information content (AvgIpc) is 3.02. The Kier molecular flexibility index (Phi) is 4.15. The summed E-state index contributed by atoms with van der Waals surface area (Å²) in [5.41, 5.74) is 2.72. The molecule has 3 aromatic rings. The molecule has 0 saturated heterocycles. The molecule has 4 rings (SSSR count). The Morgan fingerprint density at radius 3 is 2.76 bits per heavy atom. The Morgan fingerprint density at radius 1 is 1.12 bits per heavy atom. The van der Waals surface area contributed by atoms with E-state index in [-0.39, 0.29) is 16.9 Å². The number of benzene rings is 2. The Bertz CT molecular complexity index is 908.